The van der Waals surface area contributed by atoms with E-state index in [1.54, 1.807) is 30.5 Å². The zero-order valence-corrected chi connectivity index (χ0v) is 18.2. The van der Waals surface area contributed by atoms with E-state index in [9.17, 15) is 0 Å². The zero-order valence-electron chi connectivity index (χ0n) is 15.1. The molecule has 8 heteroatoms. The topological polar surface area (TPSA) is 40.0 Å². The fourth-order valence-electron chi connectivity index (χ4n) is 2.16. The minimum atomic E-state index is 0.155. The molecule has 0 bridgehead atoms. The van der Waals surface area contributed by atoms with Crippen LogP contribution in [0.1, 0.15) is 17.5 Å². The lowest BCUT2D eigenvalue weighted by Gasteiger charge is -2.13. The van der Waals surface area contributed by atoms with Crippen LogP contribution >= 0.6 is 46.4 Å². The molecule has 0 saturated carbocycles. The predicted octanol–water partition coefficient (Wildman–Crippen LogP) is 6.82. The summed E-state index contributed by atoms with van der Waals surface area (Å²) in [6.07, 6.45) is 3.83. The number of hydrogen-bond acceptors (Lipinski definition) is 4. The van der Waals surface area contributed by atoms with Crippen molar-refractivity contribution in [3.8, 4) is 11.5 Å². The van der Waals surface area contributed by atoms with Gasteiger partial charge in [-0.15, -0.1) is 0 Å². The van der Waals surface area contributed by atoms with E-state index in [0.717, 1.165) is 11.1 Å². The smallest absolute Gasteiger partial charge is 0.141 e. The molecule has 0 N–H and O–H groups in total. The maximum atomic E-state index is 6.28. The zero-order chi connectivity index (χ0) is 20.4. The average Bonchev–Trinajstić information content (AvgIpc) is 2.64. The molecule has 0 heterocycles. The summed E-state index contributed by atoms with van der Waals surface area (Å²) in [5, 5.41) is 5.06. The Morgan fingerprint density at radius 2 is 1.79 bits per heavy atom. The molecule has 0 atom stereocenters. The van der Waals surface area contributed by atoms with Crippen molar-refractivity contribution in [2.45, 2.75) is 13.3 Å². The van der Waals surface area contributed by atoms with Crippen molar-refractivity contribution in [3.63, 3.8) is 0 Å². The standard InChI is InChI=1S/C20H19Cl4NO3/c1-14-11-17(26-10-7-19(23)24)12-18(22)20(14)27-8-2-9-28-25-13-15-3-5-16(21)6-4-15/h3-7,11-13H,2,8-10H2,1H3/b25-13+. The third kappa shape index (κ3) is 8.19. The SMILES string of the molecule is Cc1cc(OCC=C(Cl)Cl)cc(Cl)c1OCCCO/N=C/c1ccc(Cl)cc1. The van der Waals surface area contributed by atoms with Crippen molar-refractivity contribution in [2.75, 3.05) is 19.8 Å². The van der Waals surface area contributed by atoms with Crippen LogP contribution in [0.2, 0.25) is 10.0 Å². The van der Waals surface area contributed by atoms with E-state index >= 15 is 0 Å². The highest BCUT2D eigenvalue weighted by atomic mass is 35.5. The van der Waals surface area contributed by atoms with Crippen LogP contribution in [0.5, 0.6) is 11.5 Å². The van der Waals surface area contributed by atoms with E-state index in [-0.39, 0.29) is 11.1 Å². The van der Waals surface area contributed by atoms with E-state index in [2.05, 4.69) is 5.16 Å². The van der Waals surface area contributed by atoms with E-state index < -0.39 is 0 Å². The van der Waals surface area contributed by atoms with Crippen LogP contribution in [0.4, 0.5) is 0 Å². The molecule has 2 aromatic carbocycles. The maximum absolute atomic E-state index is 6.28. The second-order valence-corrected chi connectivity index (χ2v) is 7.53. The largest absolute Gasteiger partial charge is 0.492 e. The Morgan fingerprint density at radius 1 is 1.04 bits per heavy atom. The number of benzene rings is 2. The van der Waals surface area contributed by atoms with Crippen LogP contribution in [-0.2, 0) is 4.84 Å². The quantitative estimate of drug-likeness (QED) is 0.221. The number of aryl methyl sites for hydroxylation is 1. The third-order valence-electron chi connectivity index (χ3n) is 3.46. The highest BCUT2D eigenvalue weighted by Gasteiger charge is 2.09. The average molecular weight is 463 g/mol. The van der Waals surface area contributed by atoms with Crippen LogP contribution in [0, 0.1) is 6.92 Å². The van der Waals surface area contributed by atoms with Crippen molar-refractivity contribution in [1.29, 1.82) is 0 Å². The van der Waals surface area contributed by atoms with Crippen LogP contribution < -0.4 is 9.47 Å². The Balaban J connectivity index is 1.73. The van der Waals surface area contributed by atoms with E-state index in [1.807, 2.05) is 25.1 Å². The van der Waals surface area contributed by atoms with Gasteiger partial charge < -0.3 is 14.3 Å². The molecule has 0 spiro atoms. The second-order valence-electron chi connectivity index (χ2n) is 5.68. The summed E-state index contributed by atoms with van der Waals surface area (Å²) in [6, 6.07) is 10.8. The first-order valence-electron chi connectivity index (χ1n) is 8.43. The second kappa shape index (κ2) is 12.1. The number of ether oxygens (including phenoxy) is 2. The summed E-state index contributed by atoms with van der Waals surface area (Å²) in [5.74, 6) is 1.23. The third-order valence-corrected chi connectivity index (χ3v) is 4.30. The summed E-state index contributed by atoms with van der Waals surface area (Å²) >= 11 is 23.2. The van der Waals surface area contributed by atoms with Crippen LogP contribution in [-0.4, -0.2) is 26.0 Å². The Kier molecular flexibility index (Phi) is 9.79. The van der Waals surface area contributed by atoms with Crippen molar-refractivity contribution >= 4 is 52.6 Å². The fourth-order valence-corrected chi connectivity index (χ4v) is 2.73. The molecule has 0 aliphatic carbocycles. The van der Waals surface area contributed by atoms with Gasteiger partial charge in [-0.1, -0.05) is 63.7 Å². The molecule has 2 rings (SSSR count). The van der Waals surface area contributed by atoms with Gasteiger partial charge in [0, 0.05) is 17.5 Å². The molecular formula is C20H19Cl4NO3. The molecule has 0 aliphatic heterocycles. The lowest BCUT2D eigenvalue weighted by atomic mass is 10.2. The van der Waals surface area contributed by atoms with Crippen molar-refractivity contribution in [2.24, 2.45) is 5.16 Å². The molecule has 28 heavy (non-hydrogen) atoms. The lowest BCUT2D eigenvalue weighted by Crippen LogP contribution is -2.03. The van der Waals surface area contributed by atoms with E-state index in [0.29, 0.717) is 41.2 Å². The number of nitrogens with zero attached hydrogens (tertiary/aromatic N) is 1. The number of rotatable bonds is 10. The number of oxime groups is 1. The minimum absolute atomic E-state index is 0.155. The maximum Gasteiger partial charge on any atom is 0.141 e. The Hall–Kier alpha value is -1.59. The molecule has 0 aromatic heterocycles. The molecule has 0 aliphatic rings. The van der Waals surface area contributed by atoms with Crippen LogP contribution in [0.3, 0.4) is 0 Å². The Labute approximate surface area is 184 Å². The number of hydrogen-bond donors (Lipinski definition) is 0. The predicted molar refractivity (Wildman–Crippen MR) is 117 cm³/mol. The molecule has 0 fully saturated rings. The van der Waals surface area contributed by atoms with Gasteiger partial charge in [0.1, 0.15) is 29.2 Å². The van der Waals surface area contributed by atoms with Gasteiger partial charge in [-0.3, -0.25) is 0 Å². The molecule has 150 valence electrons. The van der Waals surface area contributed by atoms with E-state index in [4.69, 9.17) is 60.7 Å². The summed E-state index contributed by atoms with van der Waals surface area (Å²) in [7, 11) is 0. The molecule has 0 radical (unpaired) electrons. The van der Waals surface area contributed by atoms with Gasteiger partial charge in [-0.25, -0.2) is 0 Å². The number of halogens is 4. The molecule has 0 saturated heterocycles. The molecule has 0 unspecified atom stereocenters. The van der Waals surface area contributed by atoms with E-state index in [1.165, 1.54) is 0 Å². The minimum Gasteiger partial charge on any atom is -0.492 e. The van der Waals surface area contributed by atoms with Crippen molar-refractivity contribution in [1.82, 2.24) is 0 Å². The van der Waals surface area contributed by atoms with Gasteiger partial charge in [0.15, 0.2) is 0 Å². The normalized spacial score (nSPS) is 10.8. The van der Waals surface area contributed by atoms with Gasteiger partial charge in [0.2, 0.25) is 0 Å². The first kappa shape index (κ1) is 22.7. The van der Waals surface area contributed by atoms with Crippen LogP contribution in [0.15, 0.2) is 52.1 Å². The summed E-state index contributed by atoms with van der Waals surface area (Å²) in [4.78, 5) is 5.23. The summed E-state index contributed by atoms with van der Waals surface area (Å²) in [6.45, 7) is 3.02. The Bertz CT molecular complexity index is 796. The molecule has 2 aromatic rings. The fraction of sp³-hybridized carbons (Fsp3) is 0.250. The van der Waals surface area contributed by atoms with Gasteiger partial charge in [0.25, 0.3) is 0 Å². The van der Waals surface area contributed by atoms with Gasteiger partial charge in [0.05, 0.1) is 17.8 Å². The first-order valence-corrected chi connectivity index (χ1v) is 9.94. The summed E-state index contributed by atoms with van der Waals surface area (Å²) < 4.78 is 11.4. The lowest BCUT2D eigenvalue weighted by molar-refractivity contribution is 0.129. The van der Waals surface area contributed by atoms with Gasteiger partial charge in [-0.05, 0) is 42.3 Å². The Morgan fingerprint density at radius 3 is 2.46 bits per heavy atom. The summed E-state index contributed by atoms with van der Waals surface area (Å²) in [5.41, 5.74) is 1.78. The molecule has 0 amide bonds. The van der Waals surface area contributed by atoms with Crippen molar-refractivity contribution in [3.05, 3.63) is 68.1 Å². The van der Waals surface area contributed by atoms with Crippen LogP contribution in [0.25, 0.3) is 0 Å². The van der Waals surface area contributed by atoms with Gasteiger partial charge in [-0.2, -0.15) is 0 Å². The highest BCUT2D eigenvalue weighted by Crippen LogP contribution is 2.33. The highest BCUT2D eigenvalue weighted by molar-refractivity contribution is 6.55. The molecular weight excluding hydrogens is 444 g/mol. The van der Waals surface area contributed by atoms with Gasteiger partial charge >= 0.3 is 0 Å². The first-order chi connectivity index (χ1) is 13.5. The molecule has 4 nitrogen and oxygen atoms in total. The van der Waals surface area contributed by atoms with Crippen molar-refractivity contribution < 1.29 is 14.3 Å². The monoisotopic (exact) mass is 461 g/mol.